The zero-order valence-electron chi connectivity index (χ0n) is 22.1. The molecule has 8 nitrogen and oxygen atoms in total. The summed E-state index contributed by atoms with van der Waals surface area (Å²) in [7, 11) is 1.66. The van der Waals surface area contributed by atoms with Crippen molar-refractivity contribution in [2.45, 2.75) is 42.2 Å². The average molecular weight is 589 g/mol. The molecule has 1 atom stereocenters. The molecule has 2 aliphatic heterocycles. The van der Waals surface area contributed by atoms with Crippen LogP contribution >= 0.6 is 34.7 Å². The van der Waals surface area contributed by atoms with E-state index in [4.69, 9.17) is 17.3 Å². The van der Waals surface area contributed by atoms with Gasteiger partial charge in [-0.15, -0.1) is 10.2 Å². The largest absolute Gasteiger partial charge is 0.384 e. The van der Waals surface area contributed by atoms with E-state index >= 15 is 0 Å². The normalized spacial score (nSPS) is 21.7. The number of nitrogens with zero attached hydrogens (tertiary/aromatic N) is 5. The summed E-state index contributed by atoms with van der Waals surface area (Å²) in [6, 6.07) is 17.1. The summed E-state index contributed by atoms with van der Waals surface area (Å²) in [5, 5.41) is 20.4. The van der Waals surface area contributed by atoms with Crippen LogP contribution < -0.4 is 15.5 Å². The lowest BCUT2D eigenvalue weighted by atomic mass is 9.61. The summed E-state index contributed by atoms with van der Waals surface area (Å²) >= 11 is 9.13. The van der Waals surface area contributed by atoms with Gasteiger partial charge in [0.25, 0.3) is 0 Å². The van der Waals surface area contributed by atoms with E-state index in [1.165, 1.54) is 28.0 Å². The molecule has 3 aromatic rings. The lowest BCUT2D eigenvalue weighted by molar-refractivity contribution is -0.124. The predicted molar refractivity (Wildman–Crippen MR) is 157 cm³/mol. The molecule has 0 bridgehead atoms. The molecule has 3 heterocycles. The van der Waals surface area contributed by atoms with E-state index in [1.54, 1.807) is 11.9 Å². The Labute approximate surface area is 245 Å². The van der Waals surface area contributed by atoms with Gasteiger partial charge in [0.1, 0.15) is 17.3 Å². The number of nitrogens with two attached hydrogens (primary N) is 1. The molecule has 1 aliphatic carbocycles. The third-order valence-electron chi connectivity index (χ3n) is 7.67. The highest BCUT2D eigenvalue weighted by Gasteiger charge is 2.62. The topological polar surface area (TPSA) is 116 Å². The van der Waals surface area contributed by atoms with Crippen LogP contribution in [-0.2, 0) is 20.8 Å². The van der Waals surface area contributed by atoms with Crippen molar-refractivity contribution < 1.29 is 9.59 Å². The first-order valence-electron chi connectivity index (χ1n) is 12.6. The Balaban J connectivity index is 1.52. The number of hydrogen-bond acceptors (Lipinski definition) is 9. The van der Waals surface area contributed by atoms with Gasteiger partial charge in [0.2, 0.25) is 11.0 Å². The monoisotopic (exact) mass is 588 g/mol. The van der Waals surface area contributed by atoms with Crippen LogP contribution in [0.2, 0.25) is 5.02 Å². The fraction of sp³-hybridized carbons (Fsp3) is 0.276. The summed E-state index contributed by atoms with van der Waals surface area (Å²) in [6.45, 7) is 4.03. The second kappa shape index (κ2) is 9.47. The summed E-state index contributed by atoms with van der Waals surface area (Å²) < 4.78 is 0.687. The van der Waals surface area contributed by atoms with Crippen LogP contribution in [0.25, 0.3) is 0 Å². The van der Waals surface area contributed by atoms with Crippen molar-refractivity contribution >= 4 is 57.2 Å². The van der Waals surface area contributed by atoms with Crippen LogP contribution in [0.3, 0.4) is 0 Å². The minimum Gasteiger partial charge on any atom is -0.384 e. The van der Waals surface area contributed by atoms with Crippen LogP contribution in [0.1, 0.15) is 37.8 Å². The van der Waals surface area contributed by atoms with Gasteiger partial charge in [0.05, 0.1) is 5.57 Å². The maximum Gasteiger partial charge on any atom is 0.247 e. The number of benzene rings is 2. The van der Waals surface area contributed by atoms with E-state index in [0.29, 0.717) is 49.2 Å². The van der Waals surface area contributed by atoms with E-state index in [0.717, 1.165) is 5.56 Å². The third-order valence-corrected chi connectivity index (χ3v) is 10.1. The van der Waals surface area contributed by atoms with E-state index < -0.39 is 5.41 Å². The molecule has 2 aromatic carbocycles. The van der Waals surface area contributed by atoms with Crippen molar-refractivity contribution in [3.05, 3.63) is 87.3 Å². The van der Waals surface area contributed by atoms with E-state index in [9.17, 15) is 14.9 Å². The number of rotatable bonds is 4. The van der Waals surface area contributed by atoms with E-state index in [-0.39, 0.29) is 34.9 Å². The van der Waals surface area contributed by atoms with Crippen molar-refractivity contribution in [1.82, 2.24) is 10.2 Å². The van der Waals surface area contributed by atoms with Gasteiger partial charge in [-0.05, 0) is 29.5 Å². The number of thioether (sulfide) groups is 1. The summed E-state index contributed by atoms with van der Waals surface area (Å²) in [4.78, 5) is 31.4. The summed E-state index contributed by atoms with van der Waals surface area (Å²) in [5.41, 5.74) is 7.96. The maximum absolute atomic E-state index is 14.2. The van der Waals surface area contributed by atoms with Gasteiger partial charge in [0.15, 0.2) is 10.1 Å². The highest BCUT2D eigenvalue weighted by molar-refractivity contribution is 8.00. The Kier molecular flexibility index (Phi) is 6.29. The molecular weight excluding hydrogens is 564 g/mol. The molecule has 2 N–H and O–H groups in total. The Morgan fingerprint density at radius 2 is 1.85 bits per heavy atom. The minimum absolute atomic E-state index is 0.0292. The number of nitriles is 1. The Morgan fingerprint density at radius 3 is 2.60 bits per heavy atom. The molecule has 40 heavy (non-hydrogen) atoms. The highest BCUT2D eigenvalue weighted by Crippen LogP contribution is 2.58. The zero-order valence-corrected chi connectivity index (χ0v) is 24.5. The molecule has 0 radical (unpaired) electrons. The van der Waals surface area contributed by atoms with Gasteiger partial charge in [0, 0.05) is 46.8 Å². The second-order valence-corrected chi connectivity index (χ2v) is 13.4. The number of ketones is 1. The van der Waals surface area contributed by atoms with Crippen molar-refractivity contribution in [3.8, 4) is 6.07 Å². The number of allylic oxidation sites excluding steroid dienone is 1. The van der Waals surface area contributed by atoms with Gasteiger partial charge in [-0.2, -0.15) is 5.26 Å². The number of likely N-dealkylation sites (N-methyl/N-ethyl adjacent to an activating group) is 1. The smallest absolute Gasteiger partial charge is 0.247 e. The molecule has 1 aromatic heterocycles. The Hall–Kier alpha value is -3.65. The van der Waals surface area contributed by atoms with Crippen LogP contribution in [-0.4, -0.2) is 28.9 Å². The molecule has 0 fully saturated rings. The molecule has 1 spiro atoms. The molecule has 0 saturated carbocycles. The number of aromatic nitrogens is 2. The first kappa shape index (κ1) is 26.6. The van der Waals surface area contributed by atoms with Crippen molar-refractivity contribution in [1.29, 1.82) is 5.26 Å². The number of halogens is 1. The minimum atomic E-state index is -1.60. The van der Waals surface area contributed by atoms with Gasteiger partial charge >= 0.3 is 0 Å². The molecule has 0 unspecified atom stereocenters. The van der Waals surface area contributed by atoms with Crippen LogP contribution in [0.4, 0.5) is 10.8 Å². The second-order valence-electron chi connectivity index (χ2n) is 10.8. The fourth-order valence-corrected chi connectivity index (χ4v) is 8.15. The molecular formula is C29H25ClN6O2S2. The van der Waals surface area contributed by atoms with Gasteiger partial charge in [-0.25, -0.2) is 0 Å². The quantitative estimate of drug-likeness (QED) is 0.394. The molecule has 11 heteroatoms. The molecule has 3 aliphatic rings. The molecule has 1 amide bonds. The molecule has 202 valence electrons. The van der Waals surface area contributed by atoms with Crippen LogP contribution in [0.15, 0.2) is 75.5 Å². The molecule has 0 saturated heterocycles. The predicted octanol–water partition coefficient (Wildman–Crippen LogP) is 5.56. The van der Waals surface area contributed by atoms with Gasteiger partial charge in [-0.3, -0.25) is 14.5 Å². The number of para-hydroxylation sites is 1. The number of amides is 1. The maximum atomic E-state index is 14.2. The number of anilines is 2. The number of Topliss-reactive ketones (excluding diaryl/α,β-unsaturated/α-hetero) is 1. The Bertz CT molecular complexity index is 1700. The highest BCUT2D eigenvalue weighted by atomic mass is 35.5. The Morgan fingerprint density at radius 1 is 1.12 bits per heavy atom. The van der Waals surface area contributed by atoms with Crippen LogP contribution in [0.5, 0.6) is 0 Å². The van der Waals surface area contributed by atoms with Gasteiger partial charge in [-0.1, -0.05) is 84.9 Å². The standard InChI is InChI=1S/C29H25ClN6O2S2/c1-28(2)12-21-23(22(37)13-28)29(17-9-5-7-11-20(17)35(3)25(29)38)18(14-31)24(32)36(21)26-33-34-27(40-26)39-15-16-8-4-6-10-19(16)30/h4-11H,12-13,15,32H2,1-3H3/t29-/m1/s1. The zero-order chi connectivity index (χ0) is 28.4. The average Bonchev–Trinajstić information content (AvgIpc) is 3.46. The first-order chi connectivity index (χ1) is 19.1. The number of carbonyl (C=O) groups is 2. The third kappa shape index (κ3) is 3.79. The fourth-order valence-electron chi connectivity index (χ4n) is 5.99. The van der Waals surface area contributed by atoms with Gasteiger partial charge < -0.3 is 10.6 Å². The number of fused-ring (bicyclic) bond motifs is 3. The number of carbonyl (C=O) groups excluding carboxylic acids is 2. The van der Waals surface area contributed by atoms with Crippen molar-refractivity contribution in [2.75, 3.05) is 16.8 Å². The van der Waals surface area contributed by atoms with E-state index in [1.807, 2.05) is 62.4 Å². The lowest BCUT2D eigenvalue weighted by Gasteiger charge is -2.45. The SMILES string of the molecule is CN1C(=O)[C@@]2(C(C#N)=C(N)N(c3nnc(SCc4ccccc4Cl)s3)C3=C2C(=O)CC(C)(C)C3)c2ccccc21. The summed E-state index contributed by atoms with van der Waals surface area (Å²) in [5.74, 6) is 0.155. The number of hydrogen-bond donors (Lipinski definition) is 1. The van der Waals surface area contributed by atoms with E-state index in [2.05, 4.69) is 16.3 Å². The van der Waals surface area contributed by atoms with Crippen molar-refractivity contribution in [3.63, 3.8) is 0 Å². The molecule has 6 rings (SSSR count). The summed E-state index contributed by atoms with van der Waals surface area (Å²) in [6.07, 6.45) is 0.713. The lowest BCUT2D eigenvalue weighted by Crippen LogP contribution is -2.53. The van der Waals surface area contributed by atoms with Crippen molar-refractivity contribution in [2.24, 2.45) is 11.1 Å². The van der Waals surface area contributed by atoms with Crippen LogP contribution in [0, 0.1) is 16.7 Å². The first-order valence-corrected chi connectivity index (χ1v) is 14.8.